The largest absolute Gasteiger partial charge is 0.481 e. The first-order chi connectivity index (χ1) is 16.1. The number of benzene rings is 2. The molecule has 0 aliphatic heterocycles. The zero-order chi connectivity index (χ0) is 25.2. The van der Waals surface area contributed by atoms with E-state index in [1.807, 2.05) is 5.32 Å². The van der Waals surface area contributed by atoms with Crippen LogP contribution in [-0.4, -0.2) is 45.7 Å². The summed E-state index contributed by atoms with van der Waals surface area (Å²) >= 11 is 1.06. The van der Waals surface area contributed by atoms with Gasteiger partial charge in [0.2, 0.25) is 0 Å². The molecule has 14 heteroatoms. The van der Waals surface area contributed by atoms with Gasteiger partial charge in [0, 0.05) is 13.1 Å². The molecule has 0 saturated carbocycles. The fourth-order valence-corrected chi connectivity index (χ4v) is 3.36. The molecule has 7 nitrogen and oxygen atoms in total. The number of aromatic nitrogens is 3. The molecule has 1 atom stereocenters. The zero-order valence-corrected chi connectivity index (χ0v) is 18.3. The number of thioether (sulfide) groups is 1. The van der Waals surface area contributed by atoms with Crippen molar-refractivity contribution < 1.29 is 35.9 Å². The Bertz CT molecular complexity index is 1260. The van der Waals surface area contributed by atoms with Gasteiger partial charge in [-0.1, -0.05) is 17.8 Å². The van der Waals surface area contributed by atoms with Crippen LogP contribution < -0.4 is 15.7 Å². The summed E-state index contributed by atoms with van der Waals surface area (Å²) in [7, 11) is 1.35. The number of carbonyl (C=O) groups is 1. The van der Waals surface area contributed by atoms with E-state index < -0.39 is 70.9 Å². The lowest BCUT2D eigenvalue weighted by atomic mass is 10.1. The number of ether oxygens (including phenoxy) is 1. The number of para-hydroxylation sites is 1. The van der Waals surface area contributed by atoms with Crippen LogP contribution in [0.3, 0.4) is 0 Å². The van der Waals surface area contributed by atoms with Gasteiger partial charge in [-0.25, -0.2) is 31.1 Å². The molecule has 3 rings (SSSR count). The first kappa shape index (κ1) is 25.2. The quantitative estimate of drug-likeness (QED) is 0.370. The van der Waals surface area contributed by atoms with Gasteiger partial charge in [-0.05, 0) is 24.5 Å². The molecule has 0 spiro atoms. The molecule has 3 aromatic rings. The predicted octanol–water partition coefficient (Wildman–Crippen LogP) is 3.94. The Balaban J connectivity index is 2.14. The van der Waals surface area contributed by atoms with Gasteiger partial charge in [0.25, 0.3) is 12.3 Å². The Labute approximate surface area is 192 Å². The van der Waals surface area contributed by atoms with Gasteiger partial charge in [-0.3, -0.25) is 9.36 Å². The maximum Gasteiger partial charge on any atom is 0.351 e. The summed E-state index contributed by atoms with van der Waals surface area (Å²) in [5, 5.41) is 5.96. The van der Waals surface area contributed by atoms with Crippen LogP contribution in [0.15, 0.2) is 40.3 Å². The van der Waals surface area contributed by atoms with Crippen molar-refractivity contribution in [1.29, 1.82) is 0 Å². The average Bonchev–Trinajstić information content (AvgIpc) is 3.08. The summed E-state index contributed by atoms with van der Waals surface area (Å²) in [5.41, 5.74) is -3.06. The van der Waals surface area contributed by atoms with E-state index in [1.165, 1.54) is 7.05 Å². The van der Waals surface area contributed by atoms with Gasteiger partial charge in [-0.2, -0.15) is 4.68 Å². The molecule has 34 heavy (non-hydrogen) atoms. The topological polar surface area (TPSA) is 78.2 Å². The van der Waals surface area contributed by atoms with Gasteiger partial charge in [-0.15, -0.1) is 5.10 Å². The molecule has 0 unspecified atom stereocenters. The molecule has 1 heterocycles. The summed E-state index contributed by atoms with van der Waals surface area (Å²) < 4.78 is 88.7. The average molecular weight is 506 g/mol. The van der Waals surface area contributed by atoms with E-state index in [4.69, 9.17) is 4.74 Å². The van der Waals surface area contributed by atoms with E-state index in [1.54, 1.807) is 6.26 Å². The van der Waals surface area contributed by atoms with Crippen molar-refractivity contribution in [1.82, 2.24) is 14.3 Å². The summed E-state index contributed by atoms with van der Waals surface area (Å²) in [6.07, 6.45) is -4.09. The van der Waals surface area contributed by atoms with E-state index in [2.05, 4.69) is 5.10 Å². The highest BCUT2D eigenvalue weighted by Crippen LogP contribution is 2.29. The number of hydrogen-bond donors (Lipinski definition) is 1. The highest BCUT2D eigenvalue weighted by atomic mass is 32.2. The van der Waals surface area contributed by atoms with Crippen molar-refractivity contribution in [3.05, 3.63) is 63.8 Å². The lowest BCUT2D eigenvalue weighted by Gasteiger charge is -2.19. The van der Waals surface area contributed by atoms with E-state index in [9.17, 15) is 35.9 Å². The van der Waals surface area contributed by atoms with Gasteiger partial charge in [0.1, 0.15) is 41.3 Å². The second-order valence-electron chi connectivity index (χ2n) is 6.74. The Morgan fingerprint density at radius 3 is 2.35 bits per heavy atom. The van der Waals surface area contributed by atoms with Crippen LogP contribution in [-0.2, 0) is 7.05 Å². The number of halogens is 6. The van der Waals surface area contributed by atoms with Gasteiger partial charge in [0.15, 0.2) is 11.3 Å². The third-order valence-corrected chi connectivity index (χ3v) is 5.28. The van der Waals surface area contributed by atoms with E-state index in [-0.39, 0.29) is 5.16 Å². The molecule has 1 aromatic heterocycles. The molecule has 1 N–H and O–H groups in total. The monoisotopic (exact) mass is 506 g/mol. The van der Waals surface area contributed by atoms with E-state index in [0.717, 1.165) is 34.5 Å². The standard InChI is InChI=1S/C20H16F6N4O3S/c1-29-19(34-2)28-30(20(29)32)13-7-14(33-15(8-21)17(25)26)9(6-12(13)24)18(31)27-16-10(22)4-3-5-11(16)23/h3-7,15,17H,8H2,1-2H3,(H,27,31)/t15-/m0/s1. The van der Waals surface area contributed by atoms with Gasteiger partial charge >= 0.3 is 5.69 Å². The van der Waals surface area contributed by atoms with Crippen LogP contribution in [0, 0.1) is 17.5 Å². The van der Waals surface area contributed by atoms with Crippen molar-refractivity contribution in [2.24, 2.45) is 7.05 Å². The Morgan fingerprint density at radius 2 is 1.82 bits per heavy atom. The maximum absolute atomic E-state index is 15.0. The van der Waals surface area contributed by atoms with Crippen LogP contribution in [0.2, 0.25) is 0 Å². The molecule has 2 aromatic carbocycles. The Morgan fingerprint density at radius 1 is 1.18 bits per heavy atom. The number of alkyl halides is 3. The first-order valence-corrected chi connectivity index (χ1v) is 10.6. The predicted molar refractivity (Wildman–Crippen MR) is 111 cm³/mol. The second-order valence-corrected chi connectivity index (χ2v) is 7.51. The third kappa shape index (κ3) is 4.90. The van der Waals surface area contributed by atoms with Crippen molar-refractivity contribution in [2.45, 2.75) is 17.7 Å². The highest BCUT2D eigenvalue weighted by molar-refractivity contribution is 7.98. The summed E-state index contributed by atoms with van der Waals surface area (Å²) in [6, 6.07) is 3.91. The smallest absolute Gasteiger partial charge is 0.351 e. The van der Waals surface area contributed by atoms with Gasteiger partial charge in [0.05, 0.1) is 5.56 Å². The highest BCUT2D eigenvalue weighted by Gasteiger charge is 2.28. The maximum atomic E-state index is 15.0. The fraction of sp³-hybridized carbons (Fsp3) is 0.250. The number of carbonyl (C=O) groups excluding carboxylic acids is 1. The first-order valence-electron chi connectivity index (χ1n) is 9.39. The molecule has 0 fully saturated rings. The molecule has 0 saturated heterocycles. The van der Waals surface area contributed by atoms with Crippen molar-refractivity contribution in [2.75, 3.05) is 18.2 Å². The van der Waals surface area contributed by atoms with Crippen LogP contribution in [0.5, 0.6) is 5.75 Å². The lowest BCUT2D eigenvalue weighted by molar-refractivity contribution is -0.00159. The number of amides is 1. The molecule has 0 aliphatic carbocycles. The number of nitrogens with zero attached hydrogens (tertiary/aromatic N) is 3. The van der Waals surface area contributed by atoms with Crippen molar-refractivity contribution in [3.63, 3.8) is 0 Å². The normalized spacial score (nSPS) is 12.1. The van der Waals surface area contributed by atoms with E-state index >= 15 is 0 Å². The molecule has 0 aliphatic rings. The van der Waals surface area contributed by atoms with Crippen LogP contribution in [0.1, 0.15) is 10.4 Å². The molecule has 1 amide bonds. The zero-order valence-electron chi connectivity index (χ0n) is 17.5. The summed E-state index contributed by atoms with van der Waals surface area (Å²) in [6.45, 7) is -1.67. The van der Waals surface area contributed by atoms with Crippen molar-refractivity contribution >= 4 is 23.4 Å². The number of anilines is 1. The molecule has 0 radical (unpaired) electrons. The number of nitrogens with one attached hydrogen (secondary N) is 1. The number of hydrogen-bond acceptors (Lipinski definition) is 5. The van der Waals surface area contributed by atoms with Gasteiger partial charge < -0.3 is 10.1 Å². The second kappa shape index (κ2) is 10.2. The minimum absolute atomic E-state index is 0.179. The minimum atomic E-state index is -3.33. The number of rotatable bonds is 8. The third-order valence-electron chi connectivity index (χ3n) is 4.56. The molecule has 0 bridgehead atoms. The van der Waals surface area contributed by atoms with E-state index in [0.29, 0.717) is 16.8 Å². The molecular weight excluding hydrogens is 490 g/mol. The molecular formula is C20H16F6N4O3S. The minimum Gasteiger partial charge on any atom is -0.481 e. The molecule has 182 valence electrons. The lowest BCUT2D eigenvalue weighted by Crippen LogP contribution is -2.29. The van der Waals surface area contributed by atoms with Crippen LogP contribution in [0.4, 0.5) is 32.0 Å². The fourth-order valence-electron chi connectivity index (χ4n) is 2.85. The van der Waals surface area contributed by atoms with Crippen LogP contribution in [0.25, 0.3) is 5.69 Å². The SMILES string of the molecule is CSc1nn(-c2cc(O[C@@H](CF)C(F)F)c(C(=O)Nc3c(F)cccc3F)cc2F)c(=O)n1C. The van der Waals surface area contributed by atoms with Crippen LogP contribution >= 0.6 is 11.8 Å². The van der Waals surface area contributed by atoms with Crippen molar-refractivity contribution in [3.8, 4) is 11.4 Å². The Hall–Kier alpha value is -3.42. The summed E-state index contributed by atoms with van der Waals surface area (Å²) in [5.74, 6) is -5.64. The summed E-state index contributed by atoms with van der Waals surface area (Å²) in [4.78, 5) is 25.1. The Kier molecular flexibility index (Phi) is 7.59.